The third-order valence-electron chi connectivity index (χ3n) is 2.36. The molecule has 0 saturated carbocycles. The summed E-state index contributed by atoms with van der Waals surface area (Å²) < 4.78 is 10.2. The lowest BCUT2D eigenvalue weighted by Gasteiger charge is -2.26. The molecular formula is C8H16O5. The summed E-state index contributed by atoms with van der Waals surface area (Å²) in [6.07, 6.45) is -2.80. The molecule has 1 fully saturated rings. The number of ether oxygens (including phenoxy) is 2. The second-order valence-electron chi connectivity index (χ2n) is 3.52. The van der Waals surface area contributed by atoms with Gasteiger partial charge in [-0.1, -0.05) is 0 Å². The summed E-state index contributed by atoms with van der Waals surface area (Å²) in [7, 11) is 1.49. The first-order valence-corrected chi connectivity index (χ1v) is 4.19. The van der Waals surface area contributed by atoms with Gasteiger partial charge >= 0.3 is 0 Å². The van der Waals surface area contributed by atoms with E-state index in [9.17, 15) is 10.2 Å². The highest BCUT2D eigenvalue weighted by molar-refractivity contribution is 4.99. The Morgan fingerprint density at radius 3 is 2.46 bits per heavy atom. The maximum absolute atomic E-state index is 9.58. The molecular weight excluding hydrogens is 176 g/mol. The quantitative estimate of drug-likeness (QED) is 0.507. The molecule has 1 rings (SSSR count). The van der Waals surface area contributed by atoms with Gasteiger partial charge in [-0.05, 0) is 6.92 Å². The highest BCUT2D eigenvalue weighted by Gasteiger charge is 2.50. The van der Waals surface area contributed by atoms with Crippen LogP contribution in [0, 0.1) is 0 Å². The van der Waals surface area contributed by atoms with E-state index in [4.69, 9.17) is 14.6 Å². The second-order valence-corrected chi connectivity index (χ2v) is 3.52. The van der Waals surface area contributed by atoms with E-state index in [0.717, 1.165) is 0 Å². The van der Waals surface area contributed by atoms with Crippen molar-refractivity contribution in [3.8, 4) is 0 Å². The van der Waals surface area contributed by atoms with Gasteiger partial charge in [0.15, 0.2) is 0 Å². The minimum absolute atomic E-state index is 0.182. The van der Waals surface area contributed by atoms with Crippen molar-refractivity contribution >= 4 is 0 Å². The fourth-order valence-corrected chi connectivity index (χ4v) is 1.60. The molecule has 1 aliphatic rings. The van der Waals surface area contributed by atoms with Gasteiger partial charge in [0.05, 0.1) is 13.2 Å². The lowest BCUT2D eigenvalue weighted by atomic mass is 9.98. The Hall–Kier alpha value is -0.200. The van der Waals surface area contributed by atoms with E-state index in [0.29, 0.717) is 0 Å². The van der Waals surface area contributed by atoms with Crippen LogP contribution < -0.4 is 0 Å². The summed E-state index contributed by atoms with van der Waals surface area (Å²) in [5.74, 6) is 0. The van der Waals surface area contributed by atoms with Crippen LogP contribution in [0.1, 0.15) is 6.92 Å². The molecule has 1 saturated heterocycles. The van der Waals surface area contributed by atoms with Crippen molar-refractivity contribution in [2.24, 2.45) is 0 Å². The van der Waals surface area contributed by atoms with Gasteiger partial charge in [0.25, 0.3) is 0 Å². The van der Waals surface area contributed by atoms with Gasteiger partial charge in [0, 0.05) is 7.11 Å². The van der Waals surface area contributed by atoms with Crippen LogP contribution in [0.5, 0.6) is 0 Å². The highest BCUT2D eigenvalue weighted by atomic mass is 16.6. The highest BCUT2D eigenvalue weighted by Crippen LogP contribution is 2.30. The van der Waals surface area contributed by atoms with Crippen molar-refractivity contribution in [3.63, 3.8) is 0 Å². The molecule has 78 valence electrons. The standard InChI is InChI=1S/C8H16O5/c1-8(4-12-2)7(11)6(10)5(3-9)13-8/h5-7,9-11H,3-4H2,1-2H3/t5-,6?,7+,8+/m0/s1. The molecule has 4 atom stereocenters. The number of hydrogen-bond acceptors (Lipinski definition) is 5. The van der Waals surface area contributed by atoms with Crippen molar-refractivity contribution in [1.29, 1.82) is 0 Å². The molecule has 0 amide bonds. The first-order valence-electron chi connectivity index (χ1n) is 4.19. The van der Waals surface area contributed by atoms with E-state index in [1.165, 1.54) is 7.11 Å². The zero-order valence-corrected chi connectivity index (χ0v) is 7.80. The molecule has 0 bridgehead atoms. The van der Waals surface area contributed by atoms with Crippen LogP contribution in [0.25, 0.3) is 0 Å². The Kier molecular flexibility index (Phi) is 3.26. The molecule has 0 aliphatic carbocycles. The van der Waals surface area contributed by atoms with Crippen LogP contribution in [0.15, 0.2) is 0 Å². The Morgan fingerprint density at radius 1 is 1.46 bits per heavy atom. The maximum atomic E-state index is 9.58. The maximum Gasteiger partial charge on any atom is 0.118 e. The summed E-state index contributed by atoms with van der Waals surface area (Å²) in [6.45, 7) is 1.51. The predicted molar refractivity (Wildman–Crippen MR) is 44.3 cm³/mol. The molecule has 5 heteroatoms. The average molecular weight is 192 g/mol. The molecule has 5 nitrogen and oxygen atoms in total. The van der Waals surface area contributed by atoms with E-state index in [2.05, 4.69) is 0 Å². The number of aliphatic hydroxyl groups excluding tert-OH is 3. The topological polar surface area (TPSA) is 79.2 Å². The molecule has 0 aromatic heterocycles. The Morgan fingerprint density at radius 2 is 2.08 bits per heavy atom. The largest absolute Gasteiger partial charge is 0.394 e. The predicted octanol–water partition coefficient (Wildman–Crippen LogP) is -1.50. The van der Waals surface area contributed by atoms with Gasteiger partial charge < -0.3 is 24.8 Å². The van der Waals surface area contributed by atoms with E-state index >= 15 is 0 Å². The minimum Gasteiger partial charge on any atom is -0.394 e. The first-order chi connectivity index (χ1) is 6.05. The van der Waals surface area contributed by atoms with Crippen LogP contribution in [-0.4, -0.2) is 59.6 Å². The number of rotatable bonds is 3. The molecule has 1 unspecified atom stereocenters. The Labute approximate surface area is 76.9 Å². The lowest BCUT2D eigenvalue weighted by Crippen LogP contribution is -2.44. The summed E-state index contributed by atoms with van der Waals surface area (Å²) in [4.78, 5) is 0. The Bertz CT molecular complexity index is 174. The lowest BCUT2D eigenvalue weighted by molar-refractivity contribution is -0.114. The van der Waals surface area contributed by atoms with Gasteiger partial charge in [-0.25, -0.2) is 0 Å². The molecule has 0 aromatic carbocycles. The SMILES string of the molecule is COC[C@@]1(C)O[C@@H](CO)C(O)[C@H]1O. The van der Waals surface area contributed by atoms with Gasteiger partial charge in [-0.15, -0.1) is 0 Å². The summed E-state index contributed by atoms with van der Waals surface area (Å²) in [5.41, 5.74) is -0.929. The molecule has 13 heavy (non-hydrogen) atoms. The van der Waals surface area contributed by atoms with Crippen LogP contribution >= 0.6 is 0 Å². The van der Waals surface area contributed by atoms with Crippen LogP contribution in [0.2, 0.25) is 0 Å². The van der Waals surface area contributed by atoms with Gasteiger partial charge in [0.1, 0.15) is 23.9 Å². The van der Waals surface area contributed by atoms with Gasteiger partial charge in [0.2, 0.25) is 0 Å². The number of hydrogen-bond donors (Lipinski definition) is 3. The second kappa shape index (κ2) is 3.89. The Balaban J connectivity index is 2.69. The number of aliphatic hydroxyl groups is 3. The fraction of sp³-hybridized carbons (Fsp3) is 1.00. The molecule has 3 N–H and O–H groups in total. The van der Waals surface area contributed by atoms with Crippen molar-refractivity contribution in [2.45, 2.75) is 30.8 Å². The van der Waals surface area contributed by atoms with Crippen molar-refractivity contribution in [1.82, 2.24) is 0 Å². The summed E-state index contributed by atoms with van der Waals surface area (Å²) in [5, 5.41) is 27.8. The summed E-state index contributed by atoms with van der Waals surface area (Å²) in [6, 6.07) is 0. The van der Waals surface area contributed by atoms with Crippen molar-refractivity contribution < 1.29 is 24.8 Å². The van der Waals surface area contributed by atoms with E-state index in [1.807, 2.05) is 0 Å². The molecule has 1 heterocycles. The van der Waals surface area contributed by atoms with Gasteiger partial charge in [-0.3, -0.25) is 0 Å². The van der Waals surface area contributed by atoms with Crippen LogP contribution in [-0.2, 0) is 9.47 Å². The summed E-state index contributed by atoms with van der Waals surface area (Å²) >= 11 is 0. The average Bonchev–Trinajstić information content (AvgIpc) is 2.31. The molecule has 0 spiro atoms. The van der Waals surface area contributed by atoms with E-state index < -0.39 is 23.9 Å². The normalized spacial score (nSPS) is 45.5. The molecule has 0 radical (unpaired) electrons. The van der Waals surface area contributed by atoms with Crippen LogP contribution in [0.3, 0.4) is 0 Å². The van der Waals surface area contributed by atoms with Crippen molar-refractivity contribution in [2.75, 3.05) is 20.3 Å². The molecule has 0 aromatic rings. The third kappa shape index (κ3) is 1.84. The minimum atomic E-state index is -1.05. The fourth-order valence-electron chi connectivity index (χ4n) is 1.60. The first kappa shape index (κ1) is 10.9. The zero-order valence-electron chi connectivity index (χ0n) is 7.80. The number of methoxy groups -OCH3 is 1. The van der Waals surface area contributed by atoms with Gasteiger partial charge in [-0.2, -0.15) is 0 Å². The van der Waals surface area contributed by atoms with E-state index in [1.54, 1.807) is 6.92 Å². The third-order valence-corrected chi connectivity index (χ3v) is 2.36. The zero-order chi connectivity index (χ0) is 10.1. The smallest absolute Gasteiger partial charge is 0.118 e. The van der Waals surface area contributed by atoms with Crippen LogP contribution in [0.4, 0.5) is 0 Å². The molecule has 1 aliphatic heterocycles. The van der Waals surface area contributed by atoms with E-state index in [-0.39, 0.29) is 13.2 Å². The van der Waals surface area contributed by atoms with Crippen molar-refractivity contribution in [3.05, 3.63) is 0 Å². The monoisotopic (exact) mass is 192 g/mol.